The van der Waals surface area contributed by atoms with E-state index in [0.717, 1.165) is 0 Å². The van der Waals surface area contributed by atoms with Gasteiger partial charge < -0.3 is 10.1 Å². The van der Waals surface area contributed by atoms with Crippen LogP contribution in [-0.4, -0.2) is 28.0 Å². The number of benzene rings is 2. The van der Waals surface area contributed by atoms with Crippen molar-refractivity contribution in [1.82, 2.24) is 4.72 Å². The summed E-state index contributed by atoms with van der Waals surface area (Å²) in [5.41, 5.74) is 0.458. The van der Waals surface area contributed by atoms with Gasteiger partial charge in [0.05, 0.1) is 17.8 Å². The predicted molar refractivity (Wildman–Crippen MR) is 98.3 cm³/mol. The highest BCUT2D eigenvalue weighted by molar-refractivity contribution is 7.89. The summed E-state index contributed by atoms with van der Waals surface area (Å²) in [6.45, 7) is 1.86. The highest BCUT2D eigenvalue weighted by atomic mass is 35.5. The fourth-order valence-electron chi connectivity index (χ4n) is 2.08. The van der Waals surface area contributed by atoms with Crippen LogP contribution < -0.4 is 14.8 Å². The molecule has 0 bridgehead atoms. The summed E-state index contributed by atoms with van der Waals surface area (Å²) >= 11 is 11.9. The van der Waals surface area contributed by atoms with E-state index in [0.29, 0.717) is 15.7 Å². The number of nitrogens with one attached hydrogen (secondary N) is 2. The van der Waals surface area contributed by atoms with Crippen LogP contribution in [0.2, 0.25) is 10.0 Å². The summed E-state index contributed by atoms with van der Waals surface area (Å²) in [6, 6.07) is 8.76. The van der Waals surface area contributed by atoms with E-state index in [9.17, 15) is 13.2 Å². The standard InChI is InChI=1S/C16H16Cl2N2O4S/c1-3-19-25(22,23)15-8-10(4-7-14(15)24-2)16(21)20-13-9-11(17)5-6-12(13)18/h4-9,19H,3H2,1-2H3,(H,20,21). The molecular weight excluding hydrogens is 387 g/mol. The minimum atomic E-state index is -3.80. The lowest BCUT2D eigenvalue weighted by molar-refractivity contribution is 0.102. The van der Waals surface area contributed by atoms with Crippen LogP contribution in [0, 0.1) is 0 Å². The van der Waals surface area contributed by atoms with Crippen molar-refractivity contribution in [1.29, 1.82) is 0 Å². The molecule has 0 saturated heterocycles. The molecule has 0 unspecified atom stereocenters. The summed E-state index contributed by atoms with van der Waals surface area (Å²) < 4.78 is 32.0. The quantitative estimate of drug-likeness (QED) is 0.773. The Bertz CT molecular complexity index is 901. The predicted octanol–water partition coefficient (Wildman–Crippen LogP) is 3.55. The number of amides is 1. The molecule has 2 N–H and O–H groups in total. The summed E-state index contributed by atoms with van der Waals surface area (Å²) in [4.78, 5) is 12.3. The third-order valence-electron chi connectivity index (χ3n) is 3.23. The van der Waals surface area contributed by atoms with Gasteiger partial charge in [0.1, 0.15) is 10.6 Å². The molecule has 134 valence electrons. The Labute approximate surface area is 156 Å². The van der Waals surface area contributed by atoms with E-state index < -0.39 is 15.9 Å². The maximum absolute atomic E-state index is 12.4. The average Bonchev–Trinajstić information content (AvgIpc) is 2.57. The summed E-state index contributed by atoms with van der Waals surface area (Å²) in [5.74, 6) is -0.391. The molecule has 0 aliphatic rings. The van der Waals surface area contributed by atoms with E-state index in [2.05, 4.69) is 10.0 Å². The third-order valence-corrected chi connectivity index (χ3v) is 5.36. The van der Waals surface area contributed by atoms with Gasteiger partial charge in [0.2, 0.25) is 10.0 Å². The van der Waals surface area contributed by atoms with Crippen LogP contribution in [-0.2, 0) is 10.0 Å². The fourth-order valence-corrected chi connectivity index (χ4v) is 3.65. The molecule has 9 heteroatoms. The zero-order valence-corrected chi connectivity index (χ0v) is 15.8. The van der Waals surface area contributed by atoms with E-state index >= 15 is 0 Å². The number of sulfonamides is 1. The Balaban J connectivity index is 2.39. The molecule has 0 aromatic heterocycles. The number of ether oxygens (including phenoxy) is 1. The Morgan fingerprint density at radius 1 is 1.16 bits per heavy atom. The number of hydrogen-bond donors (Lipinski definition) is 2. The largest absolute Gasteiger partial charge is 0.495 e. The van der Waals surface area contributed by atoms with Gasteiger partial charge in [-0.1, -0.05) is 30.1 Å². The Morgan fingerprint density at radius 2 is 1.88 bits per heavy atom. The molecule has 0 saturated carbocycles. The minimum absolute atomic E-state index is 0.123. The second-order valence-electron chi connectivity index (χ2n) is 4.95. The van der Waals surface area contributed by atoms with Crippen molar-refractivity contribution in [3.05, 3.63) is 52.0 Å². The number of halogens is 2. The summed E-state index contributed by atoms with van der Waals surface area (Å²) in [7, 11) is -2.45. The first kappa shape index (κ1) is 19.5. The summed E-state index contributed by atoms with van der Waals surface area (Å²) in [5, 5.41) is 3.32. The lowest BCUT2D eigenvalue weighted by Gasteiger charge is -2.12. The van der Waals surface area contributed by atoms with Crippen LogP contribution in [0.15, 0.2) is 41.3 Å². The smallest absolute Gasteiger partial charge is 0.255 e. The Kier molecular flexibility index (Phi) is 6.29. The maximum Gasteiger partial charge on any atom is 0.255 e. The zero-order valence-electron chi connectivity index (χ0n) is 13.5. The lowest BCUT2D eigenvalue weighted by Crippen LogP contribution is -2.24. The van der Waals surface area contributed by atoms with Crippen LogP contribution in [0.4, 0.5) is 5.69 Å². The number of methoxy groups -OCH3 is 1. The van der Waals surface area contributed by atoms with Gasteiger partial charge in [0.15, 0.2) is 0 Å². The van der Waals surface area contributed by atoms with Gasteiger partial charge in [-0.15, -0.1) is 0 Å². The second-order valence-corrected chi connectivity index (χ2v) is 7.52. The van der Waals surface area contributed by atoms with Gasteiger partial charge in [-0.25, -0.2) is 13.1 Å². The Morgan fingerprint density at radius 3 is 2.52 bits per heavy atom. The molecule has 6 nitrogen and oxygen atoms in total. The van der Waals surface area contributed by atoms with Gasteiger partial charge >= 0.3 is 0 Å². The molecule has 1 amide bonds. The van der Waals surface area contributed by atoms with Crippen molar-refractivity contribution in [2.75, 3.05) is 19.0 Å². The van der Waals surface area contributed by atoms with Crippen molar-refractivity contribution in [2.24, 2.45) is 0 Å². The molecule has 0 aliphatic carbocycles. The second kappa shape index (κ2) is 8.05. The van der Waals surface area contributed by atoms with Crippen LogP contribution in [0.3, 0.4) is 0 Å². The van der Waals surface area contributed by atoms with Gasteiger partial charge in [0, 0.05) is 17.1 Å². The number of rotatable bonds is 6. The zero-order chi connectivity index (χ0) is 18.6. The maximum atomic E-state index is 12.4. The normalized spacial score (nSPS) is 11.2. The first-order valence-corrected chi connectivity index (χ1v) is 9.46. The molecule has 25 heavy (non-hydrogen) atoms. The fraction of sp³-hybridized carbons (Fsp3) is 0.188. The minimum Gasteiger partial charge on any atom is -0.495 e. The monoisotopic (exact) mass is 402 g/mol. The average molecular weight is 403 g/mol. The van der Waals surface area contributed by atoms with E-state index in [-0.39, 0.29) is 22.8 Å². The highest BCUT2D eigenvalue weighted by Crippen LogP contribution is 2.28. The summed E-state index contributed by atoms with van der Waals surface area (Å²) in [6.07, 6.45) is 0. The molecule has 2 rings (SSSR count). The van der Waals surface area contributed by atoms with E-state index in [1.165, 1.54) is 31.4 Å². The van der Waals surface area contributed by atoms with E-state index in [1.807, 2.05) is 0 Å². The van der Waals surface area contributed by atoms with Gasteiger partial charge in [-0.3, -0.25) is 4.79 Å². The first-order valence-electron chi connectivity index (χ1n) is 7.22. The number of anilines is 1. The molecule has 0 atom stereocenters. The van der Waals surface area contributed by atoms with Gasteiger partial charge in [0.25, 0.3) is 5.91 Å². The molecule has 2 aromatic carbocycles. The van der Waals surface area contributed by atoms with E-state index in [4.69, 9.17) is 27.9 Å². The van der Waals surface area contributed by atoms with Crippen LogP contribution in [0.5, 0.6) is 5.75 Å². The van der Waals surface area contributed by atoms with Crippen molar-refractivity contribution in [2.45, 2.75) is 11.8 Å². The first-order chi connectivity index (χ1) is 11.8. The molecule has 0 aliphatic heterocycles. The van der Waals surface area contributed by atoms with Gasteiger partial charge in [-0.2, -0.15) is 0 Å². The molecule has 2 aromatic rings. The number of carbonyl (C=O) groups excluding carboxylic acids is 1. The van der Waals surface area contributed by atoms with Gasteiger partial charge in [-0.05, 0) is 36.4 Å². The Hall–Kier alpha value is -1.80. The molecule has 0 spiro atoms. The van der Waals surface area contributed by atoms with Crippen LogP contribution >= 0.6 is 23.2 Å². The van der Waals surface area contributed by atoms with Crippen molar-refractivity contribution in [3.8, 4) is 5.75 Å². The van der Waals surface area contributed by atoms with Crippen LogP contribution in [0.1, 0.15) is 17.3 Å². The van der Waals surface area contributed by atoms with Crippen molar-refractivity contribution >= 4 is 44.8 Å². The topological polar surface area (TPSA) is 84.5 Å². The van der Waals surface area contributed by atoms with E-state index in [1.54, 1.807) is 19.1 Å². The van der Waals surface area contributed by atoms with Crippen molar-refractivity contribution < 1.29 is 17.9 Å². The van der Waals surface area contributed by atoms with Crippen LogP contribution in [0.25, 0.3) is 0 Å². The molecule has 0 radical (unpaired) electrons. The number of carbonyl (C=O) groups is 1. The number of hydrogen-bond acceptors (Lipinski definition) is 4. The molecule has 0 heterocycles. The highest BCUT2D eigenvalue weighted by Gasteiger charge is 2.21. The lowest BCUT2D eigenvalue weighted by atomic mass is 10.2. The molecule has 0 fully saturated rings. The van der Waals surface area contributed by atoms with Crippen molar-refractivity contribution in [3.63, 3.8) is 0 Å². The molecular formula is C16H16Cl2N2O4S. The SMILES string of the molecule is CCNS(=O)(=O)c1cc(C(=O)Nc2cc(Cl)ccc2Cl)ccc1OC. The third kappa shape index (κ3) is 4.64.